The summed E-state index contributed by atoms with van der Waals surface area (Å²) in [7, 11) is 1.18. The molecule has 3 unspecified atom stereocenters. The van der Waals surface area contributed by atoms with Crippen LogP contribution in [0.1, 0.15) is 43.5 Å². The number of ether oxygens (including phenoxy) is 1. The van der Waals surface area contributed by atoms with Crippen molar-refractivity contribution < 1.29 is 29.0 Å². The van der Waals surface area contributed by atoms with E-state index in [2.05, 4.69) is 30.9 Å². The van der Waals surface area contributed by atoms with E-state index in [1.165, 1.54) is 26.2 Å². The van der Waals surface area contributed by atoms with E-state index in [9.17, 15) is 29.5 Å². The van der Waals surface area contributed by atoms with Gasteiger partial charge in [-0.25, -0.2) is 0 Å². The number of aliphatic hydroxyl groups is 1. The largest absolute Gasteiger partial charge is 0.469 e. The highest BCUT2D eigenvalue weighted by Gasteiger charge is 2.29. The van der Waals surface area contributed by atoms with Crippen LogP contribution in [0.4, 0.5) is 5.69 Å². The molecule has 2 rings (SSSR count). The van der Waals surface area contributed by atoms with Crippen LogP contribution in [0.15, 0.2) is 35.4 Å². The molecule has 1 aromatic carbocycles. The second kappa shape index (κ2) is 18.8. The third-order valence-electron chi connectivity index (χ3n) is 6.67. The number of nitrogens with one attached hydrogen (secondary N) is 4. The number of carbonyl (C=O) groups excluding carboxylic acids is 4. The quantitative estimate of drug-likeness (QED) is 0.0998. The van der Waals surface area contributed by atoms with Crippen molar-refractivity contribution in [2.45, 2.75) is 38.4 Å². The van der Waals surface area contributed by atoms with Crippen molar-refractivity contribution >= 4 is 41.1 Å². The van der Waals surface area contributed by atoms with E-state index in [1.54, 1.807) is 38.1 Å². The first-order valence-corrected chi connectivity index (χ1v) is 15.0. The fourth-order valence-corrected chi connectivity index (χ4v) is 5.31. The Morgan fingerprint density at radius 1 is 1.19 bits per heavy atom. The SMILES string of the molecule is CCNC(=O)/C(=C\Nc1cccc(C(=O)NCCCN2CCCC2)c1)SC(C)C(C#N)C(=O)NCC(CO)C(=O)OC. The molecule has 1 saturated heterocycles. The standard InChI is InChI=1S/C29H42N6O6S/c1-4-31-28(39)25(42-20(2)24(16-30)27(38)34-17-22(19-36)29(40)41-3)18-33-23-10-7-9-21(15-23)26(37)32-11-8-14-35-12-5-6-13-35/h7,9-10,15,18,20,22,24,33,36H,4-6,8,11-14,17,19H2,1-3H3,(H,31,39)(H,32,37)(H,34,38)/b25-18+. The molecule has 0 saturated carbocycles. The van der Waals surface area contributed by atoms with Gasteiger partial charge in [0.25, 0.3) is 11.8 Å². The fraction of sp³-hybridized carbons (Fsp3) is 0.552. The average molecular weight is 603 g/mol. The molecule has 0 spiro atoms. The number of thioether (sulfide) groups is 1. The number of methoxy groups -OCH3 is 1. The van der Waals surface area contributed by atoms with Crippen molar-refractivity contribution in [3.8, 4) is 6.07 Å². The van der Waals surface area contributed by atoms with Gasteiger partial charge in [-0.3, -0.25) is 19.2 Å². The Kier molecular flexibility index (Phi) is 15.5. The first kappa shape index (κ1) is 34.6. The van der Waals surface area contributed by atoms with Gasteiger partial charge in [-0.1, -0.05) is 13.0 Å². The Balaban J connectivity index is 2.02. The van der Waals surface area contributed by atoms with Crippen molar-refractivity contribution in [2.24, 2.45) is 11.8 Å². The molecule has 1 aromatic rings. The Morgan fingerprint density at radius 2 is 1.93 bits per heavy atom. The molecule has 12 nitrogen and oxygen atoms in total. The van der Waals surface area contributed by atoms with E-state index in [0.29, 0.717) is 24.3 Å². The third kappa shape index (κ3) is 11.3. The Morgan fingerprint density at radius 3 is 2.57 bits per heavy atom. The maximum absolute atomic E-state index is 12.8. The fourth-order valence-electron chi connectivity index (χ4n) is 4.28. The molecule has 3 amide bonds. The lowest BCUT2D eigenvalue weighted by Gasteiger charge is -2.20. The zero-order chi connectivity index (χ0) is 30.9. The maximum Gasteiger partial charge on any atom is 0.312 e. The summed E-state index contributed by atoms with van der Waals surface area (Å²) in [6.07, 6.45) is 4.83. The van der Waals surface area contributed by atoms with Crippen LogP contribution in [0.25, 0.3) is 0 Å². The van der Waals surface area contributed by atoms with Crippen LogP contribution in [-0.2, 0) is 19.1 Å². The van der Waals surface area contributed by atoms with E-state index in [0.717, 1.165) is 37.8 Å². The van der Waals surface area contributed by atoms with E-state index >= 15 is 0 Å². The van der Waals surface area contributed by atoms with E-state index in [-0.39, 0.29) is 17.4 Å². The van der Waals surface area contributed by atoms with Crippen molar-refractivity contribution in [1.29, 1.82) is 5.26 Å². The molecule has 0 radical (unpaired) electrons. The van der Waals surface area contributed by atoms with Crippen LogP contribution >= 0.6 is 11.8 Å². The van der Waals surface area contributed by atoms with Gasteiger partial charge in [0.1, 0.15) is 5.92 Å². The van der Waals surface area contributed by atoms with Gasteiger partial charge in [0, 0.05) is 42.3 Å². The molecule has 0 bridgehead atoms. The average Bonchev–Trinajstić information content (AvgIpc) is 3.51. The van der Waals surface area contributed by atoms with E-state index < -0.39 is 41.5 Å². The number of hydrogen-bond donors (Lipinski definition) is 5. The molecule has 1 fully saturated rings. The van der Waals surface area contributed by atoms with Crippen LogP contribution < -0.4 is 21.3 Å². The Hall–Kier alpha value is -3.60. The van der Waals surface area contributed by atoms with Gasteiger partial charge in [0.15, 0.2) is 0 Å². The second-order valence-corrected chi connectivity index (χ2v) is 11.2. The molecule has 1 aliphatic heterocycles. The minimum absolute atomic E-state index is 0.186. The Labute approximate surface area is 251 Å². The molecular weight excluding hydrogens is 560 g/mol. The third-order valence-corrected chi connectivity index (χ3v) is 7.87. The number of likely N-dealkylation sites (tertiary alicyclic amines) is 1. The zero-order valence-electron chi connectivity index (χ0n) is 24.5. The summed E-state index contributed by atoms with van der Waals surface area (Å²) >= 11 is 1.04. The predicted molar refractivity (Wildman–Crippen MR) is 161 cm³/mol. The normalized spacial score (nSPS) is 15.5. The van der Waals surface area contributed by atoms with Crippen molar-refractivity contribution in [3.63, 3.8) is 0 Å². The zero-order valence-corrected chi connectivity index (χ0v) is 25.3. The second-order valence-electron chi connectivity index (χ2n) is 9.83. The number of hydrogen-bond acceptors (Lipinski definition) is 10. The van der Waals surface area contributed by atoms with Gasteiger partial charge in [-0.05, 0) is 64.0 Å². The highest BCUT2D eigenvalue weighted by atomic mass is 32.2. The van der Waals surface area contributed by atoms with Gasteiger partial charge in [-0.15, -0.1) is 11.8 Å². The minimum Gasteiger partial charge on any atom is -0.469 e. The smallest absolute Gasteiger partial charge is 0.312 e. The minimum atomic E-state index is -1.15. The van der Waals surface area contributed by atoms with Crippen LogP contribution in [-0.4, -0.2) is 91.9 Å². The first-order chi connectivity index (χ1) is 20.2. The summed E-state index contributed by atoms with van der Waals surface area (Å²) in [4.78, 5) is 52.5. The molecule has 0 aliphatic carbocycles. The molecule has 5 N–H and O–H groups in total. The van der Waals surface area contributed by atoms with E-state index in [1.807, 2.05) is 6.07 Å². The van der Waals surface area contributed by atoms with Gasteiger partial charge < -0.3 is 36.0 Å². The lowest BCUT2D eigenvalue weighted by atomic mass is 10.1. The van der Waals surface area contributed by atoms with Crippen LogP contribution in [0, 0.1) is 23.2 Å². The lowest BCUT2D eigenvalue weighted by Crippen LogP contribution is -2.40. The number of esters is 1. The molecule has 230 valence electrons. The summed E-state index contributed by atoms with van der Waals surface area (Å²) in [6, 6.07) is 8.84. The van der Waals surface area contributed by atoms with Gasteiger partial charge in [0.05, 0.1) is 30.6 Å². The number of carbonyl (C=O) groups is 4. The van der Waals surface area contributed by atoms with Crippen LogP contribution in [0.5, 0.6) is 0 Å². The molecule has 13 heteroatoms. The number of benzene rings is 1. The van der Waals surface area contributed by atoms with Crippen LogP contribution in [0.2, 0.25) is 0 Å². The number of rotatable bonds is 17. The summed E-state index contributed by atoms with van der Waals surface area (Å²) in [5, 5.41) is 29.6. The van der Waals surface area contributed by atoms with E-state index in [4.69, 9.17) is 0 Å². The molecule has 1 heterocycles. The summed E-state index contributed by atoms with van der Waals surface area (Å²) in [5.41, 5.74) is 1.06. The topological polar surface area (TPSA) is 173 Å². The van der Waals surface area contributed by atoms with Crippen molar-refractivity contribution in [2.75, 3.05) is 58.3 Å². The lowest BCUT2D eigenvalue weighted by molar-refractivity contribution is -0.146. The van der Waals surface area contributed by atoms with Gasteiger partial charge in [0.2, 0.25) is 5.91 Å². The number of anilines is 1. The van der Waals surface area contributed by atoms with Gasteiger partial charge >= 0.3 is 5.97 Å². The molecule has 3 atom stereocenters. The first-order valence-electron chi connectivity index (χ1n) is 14.1. The molecule has 1 aliphatic rings. The highest BCUT2D eigenvalue weighted by molar-refractivity contribution is 8.04. The van der Waals surface area contributed by atoms with Crippen LogP contribution in [0.3, 0.4) is 0 Å². The number of amides is 3. The summed E-state index contributed by atoms with van der Waals surface area (Å²) in [6.45, 7) is 6.87. The predicted octanol–water partition coefficient (Wildman–Crippen LogP) is 1.45. The Bertz CT molecular complexity index is 1130. The number of nitrogens with zero attached hydrogens (tertiary/aromatic N) is 2. The van der Waals surface area contributed by atoms with Gasteiger partial charge in [-0.2, -0.15) is 5.26 Å². The number of aliphatic hydroxyl groups excluding tert-OH is 1. The molecule has 0 aromatic heterocycles. The summed E-state index contributed by atoms with van der Waals surface area (Å²) in [5.74, 6) is -4.00. The number of likely N-dealkylation sites (N-methyl/N-ethyl adjacent to an activating group) is 1. The maximum atomic E-state index is 12.8. The molecule has 42 heavy (non-hydrogen) atoms. The number of nitriles is 1. The molecular formula is C29H42N6O6S. The van der Waals surface area contributed by atoms with Crippen molar-refractivity contribution in [1.82, 2.24) is 20.9 Å². The highest BCUT2D eigenvalue weighted by Crippen LogP contribution is 2.28. The summed E-state index contributed by atoms with van der Waals surface area (Å²) < 4.78 is 4.59. The monoisotopic (exact) mass is 602 g/mol. The van der Waals surface area contributed by atoms with Crippen molar-refractivity contribution in [3.05, 3.63) is 40.9 Å².